The number of hydrogen-bond donors (Lipinski definition) is 2. The van der Waals surface area contributed by atoms with Gasteiger partial charge in [0.1, 0.15) is 0 Å². The summed E-state index contributed by atoms with van der Waals surface area (Å²) in [6.45, 7) is 2.93. The minimum Gasteiger partial charge on any atom is -0.388 e. The summed E-state index contributed by atoms with van der Waals surface area (Å²) in [6, 6.07) is 1.64. The van der Waals surface area contributed by atoms with Crippen LogP contribution in [0.5, 0.6) is 0 Å². The number of anilines is 2. The van der Waals surface area contributed by atoms with Gasteiger partial charge in [0, 0.05) is 20.6 Å². The van der Waals surface area contributed by atoms with E-state index in [2.05, 4.69) is 15.5 Å². The maximum Gasteiger partial charge on any atom is 0.322 e. The molecule has 1 atom stereocenters. The fourth-order valence-electron chi connectivity index (χ4n) is 3.29. The predicted octanol–water partition coefficient (Wildman–Crippen LogP) is 1.62. The highest BCUT2D eigenvalue weighted by atomic mass is 16.3. The fraction of sp³-hybridized carbons (Fsp3) is 0.688. The molecule has 1 aliphatic heterocycles. The molecule has 1 aromatic heterocycles. The number of piperidine rings is 1. The van der Waals surface area contributed by atoms with Crippen molar-refractivity contribution in [3.63, 3.8) is 0 Å². The van der Waals surface area contributed by atoms with Gasteiger partial charge in [-0.1, -0.05) is 0 Å². The average molecular weight is 319 g/mol. The second-order valence-electron chi connectivity index (χ2n) is 6.95. The van der Waals surface area contributed by atoms with Crippen molar-refractivity contribution < 1.29 is 9.90 Å². The molecule has 0 spiro atoms. The molecule has 2 N–H and O–H groups in total. The zero-order valence-electron chi connectivity index (χ0n) is 14.0. The highest BCUT2D eigenvalue weighted by Gasteiger charge is 2.46. The van der Waals surface area contributed by atoms with Crippen LogP contribution in [0.3, 0.4) is 0 Å². The van der Waals surface area contributed by atoms with Gasteiger partial charge in [0.15, 0.2) is 5.82 Å². The van der Waals surface area contributed by atoms with Crippen molar-refractivity contribution in [3.05, 3.63) is 11.8 Å². The third-order valence-electron chi connectivity index (χ3n) is 4.69. The molecule has 1 saturated heterocycles. The van der Waals surface area contributed by atoms with Crippen molar-refractivity contribution in [2.45, 2.75) is 38.2 Å². The van der Waals surface area contributed by atoms with Gasteiger partial charge in [-0.15, -0.1) is 5.10 Å². The van der Waals surface area contributed by atoms with Crippen LogP contribution in [0.25, 0.3) is 0 Å². The van der Waals surface area contributed by atoms with Crippen molar-refractivity contribution in [2.24, 2.45) is 5.92 Å². The lowest BCUT2D eigenvalue weighted by atomic mass is 9.88. The summed E-state index contributed by atoms with van der Waals surface area (Å²) in [5.74, 6) is 0.985. The van der Waals surface area contributed by atoms with Gasteiger partial charge in [0.25, 0.3) is 0 Å². The maximum absolute atomic E-state index is 12.6. The van der Waals surface area contributed by atoms with Crippen molar-refractivity contribution >= 4 is 17.5 Å². The molecule has 2 heterocycles. The molecule has 126 valence electrons. The third-order valence-corrected chi connectivity index (χ3v) is 4.69. The van der Waals surface area contributed by atoms with Gasteiger partial charge in [-0.3, -0.25) is 0 Å². The quantitative estimate of drug-likeness (QED) is 0.885. The number of amides is 2. The number of nitrogens with one attached hydrogen (secondary N) is 1. The van der Waals surface area contributed by atoms with E-state index < -0.39 is 5.60 Å². The Hall–Kier alpha value is -1.89. The van der Waals surface area contributed by atoms with E-state index >= 15 is 0 Å². The zero-order valence-corrected chi connectivity index (χ0v) is 14.0. The molecule has 1 aliphatic carbocycles. The number of aryl methyl sites for hydroxylation is 1. The molecular weight excluding hydrogens is 294 g/mol. The Morgan fingerprint density at radius 3 is 2.83 bits per heavy atom. The second-order valence-corrected chi connectivity index (χ2v) is 6.95. The average Bonchev–Trinajstić information content (AvgIpc) is 3.32. The van der Waals surface area contributed by atoms with E-state index in [9.17, 15) is 9.90 Å². The molecule has 2 fully saturated rings. The number of nitrogens with zero attached hydrogens (tertiary/aromatic N) is 4. The molecule has 2 amide bonds. The van der Waals surface area contributed by atoms with Gasteiger partial charge in [-0.05, 0) is 44.6 Å². The first kappa shape index (κ1) is 16.0. The number of rotatable bonds is 3. The molecule has 0 bridgehead atoms. The van der Waals surface area contributed by atoms with Gasteiger partial charge in [0.2, 0.25) is 0 Å². The van der Waals surface area contributed by atoms with E-state index in [1.165, 1.54) is 0 Å². The molecular formula is C16H25N5O2. The van der Waals surface area contributed by atoms with E-state index in [1.54, 1.807) is 4.90 Å². The summed E-state index contributed by atoms with van der Waals surface area (Å²) in [5, 5.41) is 21.8. The lowest BCUT2D eigenvalue weighted by Crippen LogP contribution is -2.52. The maximum atomic E-state index is 12.6. The Bertz CT molecular complexity index is 602. The number of aromatic nitrogens is 2. The van der Waals surface area contributed by atoms with Gasteiger partial charge in [-0.2, -0.15) is 5.10 Å². The predicted molar refractivity (Wildman–Crippen MR) is 88.6 cm³/mol. The van der Waals surface area contributed by atoms with Crippen LogP contribution in [0.4, 0.5) is 16.3 Å². The molecule has 2 aliphatic rings. The van der Waals surface area contributed by atoms with Gasteiger partial charge in [-0.25, -0.2) is 4.79 Å². The number of carbonyl (C=O) groups excluding carboxylic acids is 1. The van der Waals surface area contributed by atoms with Crippen LogP contribution in [0.2, 0.25) is 0 Å². The van der Waals surface area contributed by atoms with Crippen molar-refractivity contribution in [2.75, 3.05) is 37.4 Å². The van der Waals surface area contributed by atoms with E-state index in [0.29, 0.717) is 30.5 Å². The molecule has 1 aromatic rings. The van der Waals surface area contributed by atoms with Crippen LogP contribution >= 0.6 is 0 Å². The molecule has 3 rings (SSSR count). The largest absolute Gasteiger partial charge is 0.388 e. The Kier molecular flexibility index (Phi) is 4.14. The topological polar surface area (TPSA) is 81.6 Å². The fourth-order valence-corrected chi connectivity index (χ4v) is 3.29. The first-order valence-electron chi connectivity index (χ1n) is 8.19. The summed E-state index contributed by atoms with van der Waals surface area (Å²) in [7, 11) is 3.73. The number of β-amino-alcohol motifs (C(OH)–C–C–N with tert-alkyl or cyclic N) is 1. The van der Waals surface area contributed by atoms with Crippen LogP contribution in [-0.2, 0) is 0 Å². The van der Waals surface area contributed by atoms with Crippen LogP contribution in [0.1, 0.15) is 31.4 Å². The molecule has 0 radical (unpaired) electrons. The van der Waals surface area contributed by atoms with Crippen LogP contribution in [0.15, 0.2) is 6.07 Å². The summed E-state index contributed by atoms with van der Waals surface area (Å²) in [5.41, 5.74) is 0.693. The first-order valence-corrected chi connectivity index (χ1v) is 8.19. The molecule has 23 heavy (non-hydrogen) atoms. The monoisotopic (exact) mass is 319 g/mol. The van der Waals surface area contributed by atoms with Gasteiger partial charge >= 0.3 is 6.03 Å². The highest BCUT2D eigenvalue weighted by Crippen LogP contribution is 2.44. The third kappa shape index (κ3) is 3.39. The summed E-state index contributed by atoms with van der Waals surface area (Å²) in [4.78, 5) is 16.2. The summed E-state index contributed by atoms with van der Waals surface area (Å²) < 4.78 is 0. The molecule has 7 nitrogen and oxygen atoms in total. The van der Waals surface area contributed by atoms with Crippen LogP contribution < -0.4 is 10.2 Å². The zero-order chi connectivity index (χ0) is 16.6. The lowest BCUT2D eigenvalue weighted by Gasteiger charge is -2.39. The number of hydrogen-bond acceptors (Lipinski definition) is 5. The highest BCUT2D eigenvalue weighted by molar-refractivity contribution is 5.92. The molecule has 0 aromatic carbocycles. The Labute approximate surface area is 136 Å². The number of aliphatic hydroxyl groups is 1. The van der Waals surface area contributed by atoms with E-state index in [-0.39, 0.29) is 6.03 Å². The van der Waals surface area contributed by atoms with E-state index in [1.807, 2.05) is 32.0 Å². The second kappa shape index (κ2) is 5.96. The minimum atomic E-state index is -0.702. The van der Waals surface area contributed by atoms with Crippen molar-refractivity contribution in [1.82, 2.24) is 15.1 Å². The van der Waals surface area contributed by atoms with Crippen LogP contribution in [0, 0.1) is 12.8 Å². The normalized spacial score (nSPS) is 24.4. The number of urea groups is 1. The standard InChI is InChI=1S/C16H25N5O2/c1-11-9-13(14(19-18-11)20(2)3)17-15(22)21-8-4-7-16(23,10-21)12-5-6-12/h9,12,23H,4-8,10H2,1-3H3,(H,17,18,22). The van der Waals surface area contributed by atoms with Gasteiger partial charge in [0.05, 0.1) is 23.5 Å². The number of carbonyl (C=O) groups is 1. The van der Waals surface area contributed by atoms with Crippen LogP contribution in [-0.4, -0.2) is 59.0 Å². The molecule has 1 unspecified atom stereocenters. The Balaban J connectivity index is 1.73. The first-order chi connectivity index (χ1) is 10.9. The Morgan fingerprint density at radius 1 is 1.43 bits per heavy atom. The summed E-state index contributed by atoms with van der Waals surface area (Å²) in [6.07, 6.45) is 3.78. The SMILES string of the molecule is Cc1cc(NC(=O)N2CCCC(O)(C3CC3)C2)c(N(C)C)nn1. The van der Waals surface area contributed by atoms with Gasteiger partial charge < -0.3 is 20.2 Å². The molecule has 7 heteroatoms. The van der Waals surface area contributed by atoms with Crippen molar-refractivity contribution in [3.8, 4) is 0 Å². The van der Waals surface area contributed by atoms with Crippen molar-refractivity contribution in [1.29, 1.82) is 0 Å². The Morgan fingerprint density at radius 2 is 2.17 bits per heavy atom. The smallest absolute Gasteiger partial charge is 0.322 e. The van der Waals surface area contributed by atoms with E-state index in [0.717, 1.165) is 31.4 Å². The van der Waals surface area contributed by atoms with E-state index in [4.69, 9.17) is 0 Å². The minimum absolute atomic E-state index is 0.181. The summed E-state index contributed by atoms with van der Waals surface area (Å²) >= 11 is 0. The molecule has 1 saturated carbocycles. The lowest BCUT2D eigenvalue weighted by molar-refractivity contribution is -0.0348. The number of likely N-dealkylation sites (tertiary alicyclic amines) is 1.